The van der Waals surface area contributed by atoms with Gasteiger partial charge in [-0.15, -0.1) is 0 Å². The molecule has 0 aliphatic carbocycles. The molecule has 0 fully saturated rings. The molecule has 3 heteroatoms. The minimum absolute atomic E-state index is 0.228. The first kappa shape index (κ1) is 13.6. The Kier molecular flexibility index (Phi) is 4.17. The number of hydrogen-bond acceptors (Lipinski definition) is 2. The molecule has 2 nitrogen and oxygen atoms in total. The molecule has 0 saturated carbocycles. The van der Waals surface area contributed by atoms with Crippen molar-refractivity contribution in [3.8, 4) is 11.5 Å². The lowest BCUT2D eigenvalue weighted by Gasteiger charge is -2.13. The lowest BCUT2D eigenvalue weighted by atomic mass is 10.1. The van der Waals surface area contributed by atoms with Crippen LogP contribution < -0.4 is 10.1 Å². The van der Waals surface area contributed by atoms with Crippen molar-refractivity contribution in [1.29, 1.82) is 0 Å². The van der Waals surface area contributed by atoms with Gasteiger partial charge < -0.3 is 10.1 Å². The Labute approximate surface area is 113 Å². The highest BCUT2D eigenvalue weighted by Crippen LogP contribution is 2.27. The molecule has 0 aliphatic rings. The van der Waals surface area contributed by atoms with Crippen molar-refractivity contribution in [2.45, 2.75) is 19.9 Å². The monoisotopic (exact) mass is 259 g/mol. The fourth-order valence-corrected chi connectivity index (χ4v) is 1.84. The zero-order valence-corrected chi connectivity index (χ0v) is 11.4. The van der Waals surface area contributed by atoms with Crippen molar-refractivity contribution in [2.75, 3.05) is 7.05 Å². The maximum absolute atomic E-state index is 13.9. The van der Waals surface area contributed by atoms with Crippen LogP contribution in [0.25, 0.3) is 0 Å². The minimum Gasteiger partial charge on any atom is -0.454 e. The summed E-state index contributed by atoms with van der Waals surface area (Å²) in [7, 11) is 1.90. The Morgan fingerprint density at radius 1 is 1.16 bits per heavy atom. The van der Waals surface area contributed by atoms with Crippen molar-refractivity contribution < 1.29 is 9.13 Å². The third-order valence-corrected chi connectivity index (χ3v) is 3.18. The molecule has 100 valence electrons. The van der Waals surface area contributed by atoms with Gasteiger partial charge in [0.2, 0.25) is 0 Å². The van der Waals surface area contributed by atoms with Gasteiger partial charge in [-0.1, -0.05) is 24.3 Å². The average Bonchev–Trinajstić information content (AvgIpc) is 2.43. The highest BCUT2D eigenvalue weighted by Gasteiger charge is 2.08. The zero-order valence-electron chi connectivity index (χ0n) is 11.4. The maximum Gasteiger partial charge on any atom is 0.168 e. The Morgan fingerprint density at radius 2 is 1.89 bits per heavy atom. The summed E-state index contributed by atoms with van der Waals surface area (Å²) in [5.41, 5.74) is 1.69. The lowest BCUT2D eigenvalue weighted by Crippen LogP contribution is -2.12. The lowest BCUT2D eigenvalue weighted by molar-refractivity contribution is 0.439. The van der Waals surface area contributed by atoms with E-state index in [4.69, 9.17) is 4.74 Å². The Hall–Kier alpha value is -1.87. The van der Waals surface area contributed by atoms with E-state index in [2.05, 4.69) is 12.2 Å². The summed E-state index contributed by atoms with van der Waals surface area (Å²) in [6, 6.07) is 13.0. The van der Waals surface area contributed by atoms with Gasteiger partial charge in [0.25, 0.3) is 0 Å². The van der Waals surface area contributed by atoms with Crippen LogP contribution in [0.15, 0.2) is 42.5 Å². The molecule has 0 aliphatic heterocycles. The van der Waals surface area contributed by atoms with E-state index in [0.29, 0.717) is 11.3 Å². The molecule has 2 aromatic carbocycles. The van der Waals surface area contributed by atoms with Gasteiger partial charge in [0.1, 0.15) is 5.75 Å². The second-order valence-corrected chi connectivity index (χ2v) is 4.57. The van der Waals surface area contributed by atoms with Gasteiger partial charge in [-0.25, -0.2) is 4.39 Å². The van der Waals surface area contributed by atoms with Gasteiger partial charge in [-0.2, -0.15) is 0 Å². The predicted molar refractivity (Wildman–Crippen MR) is 75.1 cm³/mol. The number of aryl methyl sites for hydroxylation is 1. The molecular formula is C16H18FNO. The van der Waals surface area contributed by atoms with E-state index in [1.807, 2.05) is 31.3 Å². The molecule has 0 bridgehead atoms. The second-order valence-electron chi connectivity index (χ2n) is 4.57. The molecule has 0 spiro atoms. The van der Waals surface area contributed by atoms with Gasteiger partial charge >= 0.3 is 0 Å². The Morgan fingerprint density at radius 3 is 2.63 bits per heavy atom. The highest BCUT2D eigenvalue weighted by molar-refractivity contribution is 5.37. The molecule has 1 N–H and O–H groups in total. The summed E-state index contributed by atoms with van der Waals surface area (Å²) in [5, 5.41) is 3.16. The predicted octanol–water partition coefficient (Wildman–Crippen LogP) is 4.21. The van der Waals surface area contributed by atoms with E-state index >= 15 is 0 Å². The van der Waals surface area contributed by atoms with Crippen molar-refractivity contribution in [3.05, 3.63) is 59.4 Å². The van der Waals surface area contributed by atoms with Crippen LogP contribution in [0.1, 0.15) is 24.1 Å². The number of halogens is 1. The first-order chi connectivity index (χ1) is 9.11. The summed E-state index contributed by atoms with van der Waals surface area (Å²) in [4.78, 5) is 0. The third kappa shape index (κ3) is 3.12. The average molecular weight is 259 g/mol. The molecule has 1 unspecified atom stereocenters. The fourth-order valence-electron chi connectivity index (χ4n) is 1.84. The normalized spacial score (nSPS) is 12.2. The number of rotatable bonds is 4. The van der Waals surface area contributed by atoms with Crippen molar-refractivity contribution in [2.24, 2.45) is 0 Å². The zero-order chi connectivity index (χ0) is 13.8. The molecule has 0 heterocycles. The largest absolute Gasteiger partial charge is 0.454 e. The van der Waals surface area contributed by atoms with Crippen LogP contribution in [-0.2, 0) is 0 Å². The molecule has 2 rings (SSSR count). The number of ether oxygens (including phenoxy) is 1. The van der Waals surface area contributed by atoms with E-state index in [1.54, 1.807) is 25.1 Å². The van der Waals surface area contributed by atoms with Crippen LogP contribution in [0.5, 0.6) is 11.5 Å². The first-order valence-electron chi connectivity index (χ1n) is 6.32. The summed E-state index contributed by atoms with van der Waals surface area (Å²) >= 11 is 0. The second kappa shape index (κ2) is 5.85. The Balaban J connectivity index is 2.26. The summed E-state index contributed by atoms with van der Waals surface area (Å²) < 4.78 is 19.5. The van der Waals surface area contributed by atoms with E-state index in [9.17, 15) is 4.39 Å². The Bertz CT molecular complexity index is 568. The smallest absolute Gasteiger partial charge is 0.168 e. The van der Waals surface area contributed by atoms with Crippen LogP contribution in [0.2, 0.25) is 0 Å². The minimum atomic E-state index is -0.311. The molecule has 1 atom stereocenters. The third-order valence-electron chi connectivity index (χ3n) is 3.18. The van der Waals surface area contributed by atoms with Gasteiger partial charge in [-0.3, -0.25) is 0 Å². The standard InChI is InChI=1S/C16H18FNO/c1-11-6-4-9-15(16(11)17)19-14-8-5-7-13(10-14)12(2)18-3/h4-10,12,18H,1-3H3. The molecule has 0 amide bonds. The van der Waals surface area contributed by atoms with Crippen LogP contribution >= 0.6 is 0 Å². The summed E-state index contributed by atoms with van der Waals surface area (Å²) in [6.45, 7) is 3.79. The first-order valence-corrected chi connectivity index (χ1v) is 6.32. The summed E-state index contributed by atoms with van der Waals surface area (Å²) in [5.74, 6) is 0.591. The van der Waals surface area contributed by atoms with Crippen LogP contribution in [0, 0.1) is 12.7 Å². The van der Waals surface area contributed by atoms with Crippen LogP contribution in [0.3, 0.4) is 0 Å². The molecule has 0 radical (unpaired) electrons. The topological polar surface area (TPSA) is 21.3 Å². The molecule has 0 saturated heterocycles. The van der Waals surface area contributed by atoms with Crippen LogP contribution in [-0.4, -0.2) is 7.05 Å². The van der Waals surface area contributed by atoms with Crippen LogP contribution in [0.4, 0.5) is 4.39 Å². The van der Waals surface area contributed by atoms with E-state index in [-0.39, 0.29) is 17.6 Å². The number of hydrogen-bond donors (Lipinski definition) is 1. The van der Waals surface area contributed by atoms with E-state index in [1.165, 1.54) is 0 Å². The number of nitrogens with one attached hydrogen (secondary N) is 1. The van der Waals surface area contributed by atoms with Crippen molar-refractivity contribution in [3.63, 3.8) is 0 Å². The maximum atomic E-state index is 13.9. The molecule has 19 heavy (non-hydrogen) atoms. The molecule has 0 aromatic heterocycles. The van der Waals surface area contributed by atoms with Gasteiger partial charge in [0.05, 0.1) is 0 Å². The highest BCUT2D eigenvalue weighted by atomic mass is 19.1. The quantitative estimate of drug-likeness (QED) is 0.888. The molecule has 2 aromatic rings. The van der Waals surface area contributed by atoms with E-state index in [0.717, 1.165) is 5.56 Å². The van der Waals surface area contributed by atoms with Gasteiger partial charge in [-0.05, 0) is 50.2 Å². The summed E-state index contributed by atoms with van der Waals surface area (Å²) in [6.07, 6.45) is 0. The van der Waals surface area contributed by atoms with Crippen molar-refractivity contribution >= 4 is 0 Å². The SMILES string of the molecule is CNC(C)c1cccc(Oc2cccc(C)c2F)c1. The van der Waals surface area contributed by atoms with E-state index < -0.39 is 0 Å². The van der Waals surface area contributed by atoms with Gasteiger partial charge in [0.15, 0.2) is 11.6 Å². The fraction of sp³-hybridized carbons (Fsp3) is 0.250. The van der Waals surface area contributed by atoms with Crippen molar-refractivity contribution in [1.82, 2.24) is 5.32 Å². The number of benzene rings is 2. The van der Waals surface area contributed by atoms with Gasteiger partial charge in [0, 0.05) is 6.04 Å². The molecular weight excluding hydrogens is 241 g/mol.